The van der Waals surface area contributed by atoms with Gasteiger partial charge in [0.25, 0.3) is 0 Å². The summed E-state index contributed by atoms with van der Waals surface area (Å²) in [5, 5.41) is 4.48. The normalized spacial score (nSPS) is 16.8. The van der Waals surface area contributed by atoms with Crippen molar-refractivity contribution in [1.82, 2.24) is 0 Å². The van der Waals surface area contributed by atoms with Crippen molar-refractivity contribution < 1.29 is 8.83 Å². The second kappa shape index (κ2) is 16.1. The minimum absolute atomic E-state index is 0.807. The van der Waals surface area contributed by atoms with Crippen molar-refractivity contribution in [1.29, 1.82) is 0 Å². The van der Waals surface area contributed by atoms with Crippen LogP contribution in [-0.2, 0) is 10.8 Å². The van der Waals surface area contributed by atoms with E-state index in [1.165, 1.54) is 66.8 Å². The van der Waals surface area contributed by atoms with E-state index in [-0.39, 0.29) is 0 Å². The number of nitrogens with zero attached hydrogens (tertiary/aromatic N) is 2. The molecular weight excluding hydrogens is 973 g/mol. The lowest BCUT2D eigenvalue weighted by Gasteiger charge is -2.36. The Balaban J connectivity index is 1.02. The van der Waals surface area contributed by atoms with E-state index in [2.05, 4.69) is 289 Å². The fourth-order valence-corrected chi connectivity index (χ4v) is 15.1. The topological polar surface area (TPSA) is 32.8 Å². The van der Waals surface area contributed by atoms with E-state index in [0.717, 1.165) is 89.1 Å². The summed E-state index contributed by atoms with van der Waals surface area (Å²) >= 11 is 0. The lowest BCUT2D eigenvalue weighted by atomic mass is 9.66. The first-order valence-electron chi connectivity index (χ1n) is 27.7. The number of furan rings is 2. The Kier molecular flexibility index (Phi) is 8.77. The van der Waals surface area contributed by atoms with E-state index in [4.69, 9.17) is 8.83 Å². The van der Waals surface area contributed by atoms with Crippen molar-refractivity contribution in [3.05, 3.63) is 324 Å². The molecule has 14 aromatic rings. The molecule has 2 aromatic heterocycles. The van der Waals surface area contributed by atoms with E-state index < -0.39 is 10.8 Å². The maximum Gasteiger partial charge on any atom is 0.143 e. The predicted octanol–water partition coefficient (Wildman–Crippen LogP) is 20.0. The van der Waals surface area contributed by atoms with Gasteiger partial charge in [-0.1, -0.05) is 194 Å². The third kappa shape index (κ3) is 5.49. The number of benzene rings is 12. The van der Waals surface area contributed by atoms with Gasteiger partial charge < -0.3 is 18.6 Å². The molecule has 372 valence electrons. The molecule has 2 unspecified atom stereocenters. The fourth-order valence-electron chi connectivity index (χ4n) is 15.1. The number of rotatable bonds is 6. The monoisotopic (exact) mass is 1020 g/mol. The van der Waals surface area contributed by atoms with E-state index >= 15 is 0 Å². The molecule has 0 bridgehead atoms. The summed E-state index contributed by atoms with van der Waals surface area (Å²) in [7, 11) is 0. The zero-order chi connectivity index (χ0) is 52.3. The van der Waals surface area contributed by atoms with E-state index in [1.54, 1.807) is 0 Å². The molecule has 4 nitrogen and oxygen atoms in total. The number of fused-ring (bicyclic) bond motifs is 26. The van der Waals surface area contributed by atoms with Crippen LogP contribution >= 0.6 is 0 Å². The molecule has 80 heavy (non-hydrogen) atoms. The van der Waals surface area contributed by atoms with Crippen LogP contribution in [0.3, 0.4) is 0 Å². The third-order valence-corrected chi connectivity index (χ3v) is 18.0. The molecule has 0 saturated heterocycles. The Hall–Kier alpha value is -10.4. The number of allylic oxidation sites excluding steroid dienone is 2. The largest absolute Gasteiger partial charge is 0.455 e. The molecule has 2 heterocycles. The first-order chi connectivity index (χ1) is 39.7. The molecule has 12 aromatic carbocycles. The fraction of sp³-hybridized carbons (Fsp3) is 0.0263. The highest BCUT2D eigenvalue weighted by Crippen LogP contribution is 2.76. The number of hydrogen-bond donors (Lipinski definition) is 0. The summed E-state index contributed by atoms with van der Waals surface area (Å²) in [6.45, 7) is 0. The van der Waals surface area contributed by atoms with Crippen LogP contribution in [0.2, 0.25) is 0 Å². The van der Waals surface area contributed by atoms with Crippen LogP contribution in [0.1, 0.15) is 44.5 Å². The molecule has 0 saturated carbocycles. The van der Waals surface area contributed by atoms with Crippen LogP contribution < -0.4 is 9.80 Å². The van der Waals surface area contributed by atoms with Crippen molar-refractivity contribution in [2.45, 2.75) is 10.8 Å². The molecule has 4 heteroatoms. The average molecular weight is 1020 g/mol. The van der Waals surface area contributed by atoms with Crippen LogP contribution in [0.15, 0.2) is 288 Å². The number of hydrogen-bond acceptors (Lipinski definition) is 4. The van der Waals surface area contributed by atoms with Gasteiger partial charge in [0.1, 0.15) is 22.3 Å². The Labute approximate surface area is 462 Å². The summed E-state index contributed by atoms with van der Waals surface area (Å²) in [5.41, 5.74) is 25.7. The molecule has 0 aliphatic heterocycles. The van der Waals surface area contributed by atoms with Gasteiger partial charge in [-0.2, -0.15) is 0 Å². The standard InChI is InChI=1S/C76H46N2O2/c1-5-21-47(22-6-1)77(48-23-7-2-8-24-48)51-37-39-59-65(45-51)75(61-33-17-13-31-57(61)69-63(75)43-41-55-53-29-15-19-35-67(53)79-73(55)69)72-60-40-38-52(78(49-25-9-3-10-26-49)50-27-11-4-12-28-50)46-66(60)76(71(59)72)62-34-18-14-32-58(62)70-64(76)44-42-56-54-30-16-20-36-68(54)80-74(56)70/h1-46H. The van der Waals surface area contributed by atoms with E-state index in [1.807, 2.05) is 0 Å². The maximum atomic E-state index is 7.14. The molecule has 4 aliphatic rings. The summed E-state index contributed by atoms with van der Waals surface area (Å²) in [6, 6.07) is 103. The number of anilines is 6. The maximum absolute atomic E-state index is 7.14. The second-order valence-electron chi connectivity index (χ2n) is 21.7. The lowest BCUT2D eigenvalue weighted by molar-refractivity contribution is 0.669. The minimum atomic E-state index is -0.807. The van der Waals surface area contributed by atoms with E-state index in [9.17, 15) is 0 Å². The summed E-state index contributed by atoms with van der Waals surface area (Å²) < 4.78 is 14.3. The molecule has 0 radical (unpaired) electrons. The van der Waals surface area contributed by atoms with Crippen LogP contribution in [0.4, 0.5) is 34.1 Å². The minimum Gasteiger partial charge on any atom is -0.455 e. The van der Waals surface area contributed by atoms with Crippen molar-refractivity contribution >= 4 is 89.1 Å². The zero-order valence-electron chi connectivity index (χ0n) is 43.3. The molecule has 2 spiro atoms. The lowest BCUT2D eigenvalue weighted by Crippen LogP contribution is -2.29. The molecule has 2 atom stereocenters. The third-order valence-electron chi connectivity index (χ3n) is 18.0. The zero-order valence-corrected chi connectivity index (χ0v) is 43.3. The summed E-state index contributed by atoms with van der Waals surface area (Å²) in [4.78, 5) is 4.83. The van der Waals surface area contributed by atoms with Gasteiger partial charge in [0, 0.05) is 66.8 Å². The molecular formula is C76H46N2O2. The van der Waals surface area contributed by atoms with Crippen molar-refractivity contribution in [3.8, 4) is 22.3 Å². The molecule has 18 rings (SSSR count). The SMILES string of the molecule is c1ccc(N(c2ccccc2)c2ccc3c(c2)C2(C4=C3C3(c5cc(N(c6ccccc6)c6ccccc6)ccc54)c4ccccc4-c4c3ccc3c4oc4ccccc43)c3ccccc3-c3c2ccc2c3oc3ccccc32)cc1. The highest BCUT2D eigenvalue weighted by atomic mass is 16.3. The van der Waals surface area contributed by atoms with E-state index in [0.29, 0.717) is 0 Å². The second-order valence-corrected chi connectivity index (χ2v) is 21.7. The predicted molar refractivity (Wildman–Crippen MR) is 327 cm³/mol. The first kappa shape index (κ1) is 43.7. The average Bonchev–Trinajstić information content (AvgIpc) is 4.47. The highest BCUT2D eigenvalue weighted by molar-refractivity contribution is 6.23. The van der Waals surface area contributed by atoms with Gasteiger partial charge in [-0.15, -0.1) is 0 Å². The van der Waals surface area contributed by atoms with Gasteiger partial charge in [-0.25, -0.2) is 0 Å². The van der Waals surface area contributed by atoms with Crippen LogP contribution in [0.5, 0.6) is 0 Å². The molecule has 0 amide bonds. The van der Waals surface area contributed by atoms with Crippen molar-refractivity contribution in [2.24, 2.45) is 0 Å². The quantitative estimate of drug-likeness (QED) is 0.166. The Bertz CT molecular complexity index is 4570. The first-order valence-corrected chi connectivity index (χ1v) is 27.7. The smallest absolute Gasteiger partial charge is 0.143 e. The van der Waals surface area contributed by atoms with Gasteiger partial charge in [-0.3, -0.25) is 0 Å². The molecule has 4 aliphatic carbocycles. The van der Waals surface area contributed by atoms with Gasteiger partial charge >= 0.3 is 0 Å². The summed E-state index contributed by atoms with van der Waals surface area (Å²) in [5.74, 6) is 0. The van der Waals surface area contributed by atoms with Crippen molar-refractivity contribution in [3.63, 3.8) is 0 Å². The summed E-state index contributed by atoms with van der Waals surface area (Å²) in [6.07, 6.45) is 0. The van der Waals surface area contributed by atoms with Gasteiger partial charge in [-0.05, 0) is 152 Å². The van der Waals surface area contributed by atoms with Crippen molar-refractivity contribution in [2.75, 3.05) is 9.80 Å². The van der Waals surface area contributed by atoms with Gasteiger partial charge in [0.15, 0.2) is 0 Å². The van der Waals surface area contributed by atoms with Crippen LogP contribution in [-0.4, -0.2) is 0 Å². The Morgan fingerprint density at radius 3 is 0.988 bits per heavy atom. The van der Waals surface area contributed by atoms with Gasteiger partial charge in [0.2, 0.25) is 0 Å². The number of para-hydroxylation sites is 6. The molecule has 0 fully saturated rings. The van der Waals surface area contributed by atoms with Gasteiger partial charge in [0.05, 0.1) is 10.8 Å². The molecule has 0 N–H and O–H groups in total. The highest BCUT2D eigenvalue weighted by Gasteiger charge is 2.64. The Morgan fingerprint density at radius 1 is 0.237 bits per heavy atom. The van der Waals surface area contributed by atoms with Crippen LogP contribution in [0.25, 0.3) is 77.3 Å². The van der Waals surface area contributed by atoms with Crippen LogP contribution in [0, 0.1) is 0 Å². The Morgan fingerprint density at radius 2 is 0.588 bits per heavy atom.